The van der Waals surface area contributed by atoms with Crippen molar-refractivity contribution in [2.45, 2.75) is 13.3 Å². The lowest BCUT2D eigenvalue weighted by atomic mass is 10.2. The predicted molar refractivity (Wildman–Crippen MR) is 96.9 cm³/mol. The monoisotopic (exact) mass is 393 g/mol. The van der Waals surface area contributed by atoms with Gasteiger partial charge in [0.2, 0.25) is 0 Å². The Hall–Kier alpha value is -2.21. The van der Waals surface area contributed by atoms with Gasteiger partial charge < -0.3 is 19.4 Å². The second-order valence-corrected chi connectivity index (χ2v) is 5.83. The van der Waals surface area contributed by atoms with Crippen LogP contribution in [0.4, 0.5) is 0 Å². The Balaban J connectivity index is 1.93. The van der Waals surface area contributed by atoms with E-state index < -0.39 is 0 Å². The molecule has 0 aromatic heterocycles. The number of nitrogens with zero attached hydrogens (tertiary/aromatic N) is 1. The highest BCUT2D eigenvalue weighted by Gasteiger charge is 2.11. The average molecular weight is 394 g/mol. The molecule has 0 saturated carbocycles. The van der Waals surface area contributed by atoms with Gasteiger partial charge in [0, 0.05) is 5.56 Å². The molecule has 0 unspecified atom stereocenters. The summed E-state index contributed by atoms with van der Waals surface area (Å²) in [6.07, 6.45) is 2.33. The van der Waals surface area contributed by atoms with Crippen LogP contribution in [0.2, 0.25) is 0 Å². The lowest BCUT2D eigenvalue weighted by molar-refractivity contribution is 0.210. The Labute approximate surface area is 150 Å². The molecule has 0 aliphatic heterocycles. The molecule has 5 nitrogen and oxygen atoms in total. The van der Waals surface area contributed by atoms with E-state index in [9.17, 15) is 0 Å². The molecular weight excluding hydrogens is 374 g/mol. The van der Waals surface area contributed by atoms with Crippen LogP contribution in [-0.4, -0.2) is 31.7 Å². The number of aryl methyl sites for hydroxylation is 1. The van der Waals surface area contributed by atoms with Crippen LogP contribution in [0.25, 0.3) is 0 Å². The van der Waals surface area contributed by atoms with Crippen molar-refractivity contribution < 1.29 is 19.4 Å². The van der Waals surface area contributed by atoms with Gasteiger partial charge in [-0.15, -0.1) is 0 Å². The standard InChI is InChI=1S/C18H20BrNO4/c1-3-13-4-6-15(7-5-13)23-8-9-24-18-16(19)10-14(12-20-21)11-17(18)22-2/h4-7,10-12,21H,3,8-9H2,1-2H3. The molecule has 6 heteroatoms. The Morgan fingerprint density at radius 1 is 1.12 bits per heavy atom. The van der Waals surface area contributed by atoms with Crippen molar-refractivity contribution in [2.75, 3.05) is 20.3 Å². The second kappa shape index (κ2) is 9.17. The highest BCUT2D eigenvalue weighted by atomic mass is 79.9. The van der Waals surface area contributed by atoms with Crippen LogP contribution in [0.1, 0.15) is 18.1 Å². The zero-order valence-corrected chi connectivity index (χ0v) is 15.2. The molecule has 2 rings (SSSR count). The van der Waals surface area contributed by atoms with Crippen LogP contribution in [0.3, 0.4) is 0 Å². The van der Waals surface area contributed by atoms with Crippen LogP contribution in [-0.2, 0) is 6.42 Å². The number of benzene rings is 2. The molecule has 0 heterocycles. The Morgan fingerprint density at radius 2 is 1.83 bits per heavy atom. The van der Waals surface area contributed by atoms with Crippen molar-refractivity contribution in [1.29, 1.82) is 0 Å². The number of ether oxygens (including phenoxy) is 3. The summed E-state index contributed by atoms with van der Waals surface area (Å²) < 4.78 is 17.4. The number of hydrogen-bond acceptors (Lipinski definition) is 5. The molecule has 24 heavy (non-hydrogen) atoms. The van der Waals surface area contributed by atoms with Crippen LogP contribution < -0.4 is 14.2 Å². The van der Waals surface area contributed by atoms with Gasteiger partial charge in [0.1, 0.15) is 19.0 Å². The minimum Gasteiger partial charge on any atom is -0.493 e. The number of rotatable bonds is 8. The van der Waals surface area contributed by atoms with Gasteiger partial charge in [-0.25, -0.2) is 0 Å². The molecule has 0 radical (unpaired) electrons. The van der Waals surface area contributed by atoms with Crippen molar-refractivity contribution in [2.24, 2.45) is 5.16 Å². The third-order valence-corrected chi connectivity index (χ3v) is 3.98. The largest absolute Gasteiger partial charge is 0.493 e. The molecule has 0 amide bonds. The highest BCUT2D eigenvalue weighted by molar-refractivity contribution is 9.10. The maximum atomic E-state index is 8.62. The zero-order valence-electron chi connectivity index (χ0n) is 13.7. The van der Waals surface area contributed by atoms with E-state index in [1.54, 1.807) is 19.2 Å². The maximum absolute atomic E-state index is 8.62. The summed E-state index contributed by atoms with van der Waals surface area (Å²) in [5, 5.41) is 11.6. The molecule has 0 atom stereocenters. The van der Waals surface area contributed by atoms with E-state index in [-0.39, 0.29) is 0 Å². The number of hydrogen-bond donors (Lipinski definition) is 1. The second-order valence-electron chi connectivity index (χ2n) is 4.97. The molecule has 0 spiro atoms. The minimum atomic E-state index is 0.373. The number of oxime groups is 1. The highest BCUT2D eigenvalue weighted by Crippen LogP contribution is 2.36. The fourth-order valence-electron chi connectivity index (χ4n) is 2.15. The van der Waals surface area contributed by atoms with Crippen LogP contribution in [0.15, 0.2) is 46.0 Å². The fourth-order valence-corrected chi connectivity index (χ4v) is 2.72. The summed E-state index contributed by atoms with van der Waals surface area (Å²) >= 11 is 3.43. The number of methoxy groups -OCH3 is 1. The molecule has 0 fully saturated rings. The first-order valence-corrected chi connectivity index (χ1v) is 8.36. The Kier molecular flexibility index (Phi) is 6.93. The van der Waals surface area contributed by atoms with Gasteiger partial charge in [0.05, 0.1) is 17.8 Å². The maximum Gasteiger partial charge on any atom is 0.175 e. The van der Waals surface area contributed by atoms with Gasteiger partial charge in [0.15, 0.2) is 11.5 Å². The van der Waals surface area contributed by atoms with E-state index in [1.807, 2.05) is 12.1 Å². The molecule has 0 aliphatic carbocycles. The topological polar surface area (TPSA) is 60.3 Å². The van der Waals surface area contributed by atoms with Gasteiger partial charge in [-0.05, 0) is 52.2 Å². The third-order valence-electron chi connectivity index (χ3n) is 3.39. The molecule has 1 N–H and O–H groups in total. The Morgan fingerprint density at radius 3 is 2.46 bits per heavy atom. The first kappa shape index (κ1) is 18.1. The van der Waals surface area contributed by atoms with Crippen molar-refractivity contribution >= 4 is 22.1 Å². The van der Waals surface area contributed by atoms with Gasteiger partial charge in [-0.3, -0.25) is 0 Å². The van der Waals surface area contributed by atoms with Crippen LogP contribution in [0.5, 0.6) is 17.2 Å². The molecule has 0 saturated heterocycles. The van der Waals surface area contributed by atoms with E-state index in [0.717, 1.165) is 12.2 Å². The Bertz CT molecular complexity index is 686. The molecule has 0 bridgehead atoms. The van der Waals surface area contributed by atoms with Gasteiger partial charge in [-0.2, -0.15) is 0 Å². The van der Waals surface area contributed by atoms with Gasteiger partial charge in [0.25, 0.3) is 0 Å². The zero-order chi connectivity index (χ0) is 17.4. The van der Waals surface area contributed by atoms with E-state index in [0.29, 0.717) is 34.7 Å². The summed E-state index contributed by atoms with van der Waals surface area (Å²) in [5.74, 6) is 1.94. The van der Waals surface area contributed by atoms with Crippen molar-refractivity contribution in [1.82, 2.24) is 0 Å². The summed E-state index contributed by atoms with van der Waals surface area (Å²) in [4.78, 5) is 0. The molecule has 0 aliphatic rings. The van der Waals surface area contributed by atoms with Crippen molar-refractivity contribution in [3.05, 3.63) is 52.0 Å². The van der Waals surface area contributed by atoms with E-state index in [4.69, 9.17) is 19.4 Å². The lowest BCUT2D eigenvalue weighted by Gasteiger charge is -2.14. The smallest absolute Gasteiger partial charge is 0.175 e. The average Bonchev–Trinajstić information content (AvgIpc) is 2.60. The molecule has 2 aromatic rings. The SMILES string of the molecule is CCc1ccc(OCCOc2c(Br)cc(C=NO)cc2OC)cc1. The first-order chi connectivity index (χ1) is 11.7. The molecular formula is C18H20BrNO4. The van der Waals surface area contributed by atoms with E-state index in [2.05, 4.69) is 40.1 Å². The minimum absolute atomic E-state index is 0.373. The fraction of sp³-hybridized carbons (Fsp3) is 0.278. The summed E-state index contributed by atoms with van der Waals surface area (Å²) in [6, 6.07) is 11.5. The number of halogens is 1. The predicted octanol–water partition coefficient (Wildman–Crippen LogP) is 4.29. The van der Waals surface area contributed by atoms with Gasteiger partial charge in [-0.1, -0.05) is 24.2 Å². The van der Waals surface area contributed by atoms with Crippen molar-refractivity contribution in [3.8, 4) is 17.2 Å². The quantitative estimate of drug-likeness (QED) is 0.314. The van der Waals surface area contributed by atoms with Crippen molar-refractivity contribution in [3.63, 3.8) is 0 Å². The van der Waals surface area contributed by atoms with E-state index >= 15 is 0 Å². The summed E-state index contributed by atoms with van der Waals surface area (Å²) in [7, 11) is 1.56. The van der Waals surface area contributed by atoms with Crippen LogP contribution >= 0.6 is 15.9 Å². The molecule has 128 valence electrons. The summed E-state index contributed by atoms with van der Waals surface area (Å²) in [5.41, 5.74) is 1.97. The summed E-state index contributed by atoms with van der Waals surface area (Å²) in [6.45, 7) is 2.91. The van der Waals surface area contributed by atoms with Crippen LogP contribution in [0, 0.1) is 0 Å². The lowest BCUT2D eigenvalue weighted by Crippen LogP contribution is -2.10. The van der Waals surface area contributed by atoms with Gasteiger partial charge >= 0.3 is 0 Å². The molecule has 2 aromatic carbocycles. The normalized spacial score (nSPS) is 10.8. The van der Waals surface area contributed by atoms with E-state index in [1.165, 1.54) is 11.8 Å². The first-order valence-electron chi connectivity index (χ1n) is 7.57. The third kappa shape index (κ3) is 4.89.